The molecule has 138 valence electrons. The van der Waals surface area contributed by atoms with E-state index in [-0.39, 0.29) is 5.91 Å². The van der Waals surface area contributed by atoms with Gasteiger partial charge in [0.05, 0.1) is 12.5 Å². The predicted octanol–water partition coefficient (Wildman–Crippen LogP) is 3.14. The fourth-order valence-corrected chi connectivity index (χ4v) is 3.55. The summed E-state index contributed by atoms with van der Waals surface area (Å²) >= 11 is 0. The van der Waals surface area contributed by atoms with Gasteiger partial charge in [0.1, 0.15) is 5.69 Å². The highest BCUT2D eigenvalue weighted by Crippen LogP contribution is 2.16. The second kappa shape index (κ2) is 7.76. The Morgan fingerprint density at radius 2 is 1.67 bits per heavy atom. The molecule has 1 aliphatic rings. The molecule has 27 heavy (non-hydrogen) atoms. The van der Waals surface area contributed by atoms with Gasteiger partial charge in [-0.1, -0.05) is 42.5 Å². The van der Waals surface area contributed by atoms with Crippen molar-refractivity contribution in [1.82, 2.24) is 19.4 Å². The van der Waals surface area contributed by atoms with Crippen LogP contribution in [-0.2, 0) is 6.54 Å². The van der Waals surface area contributed by atoms with Crippen molar-refractivity contribution in [1.29, 1.82) is 0 Å². The minimum absolute atomic E-state index is 0.0481. The van der Waals surface area contributed by atoms with E-state index in [2.05, 4.69) is 41.1 Å². The SMILES string of the molecule is Cc1ccccc1CN1CCN(C(=O)c2cncn2-c2ccccc2)CC1. The first-order valence-electron chi connectivity index (χ1n) is 9.36. The number of aromatic nitrogens is 2. The lowest BCUT2D eigenvalue weighted by atomic mass is 10.1. The van der Waals surface area contributed by atoms with E-state index in [1.807, 2.05) is 39.8 Å². The molecular formula is C22H24N4O. The molecule has 0 saturated carbocycles. The van der Waals surface area contributed by atoms with Crippen molar-refractivity contribution in [3.8, 4) is 5.69 Å². The van der Waals surface area contributed by atoms with Crippen LogP contribution in [0.3, 0.4) is 0 Å². The monoisotopic (exact) mass is 360 g/mol. The number of hydrogen-bond donors (Lipinski definition) is 0. The summed E-state index contributed by atoms with van der Waals surface area (Å²) in [4.78, 5) is 21.6. The number of rotatable bonds is 4. The van der Waals surface area contributed by atoms with Crippen LogP contribution in [0.5, 0.6) is 0 Å². The summed E-state index contributed by atoms with van der Waals surface area (Å²) in [5.74, 6) is 0.0481. The van der Waals surface area contributed by atoms with Crippen molar-refractivity contribution in [2.45, 2.75) is 13.5 Å². The summed E-state index contributed by atoms with van der Waals surface area (Å²) in [6.45, 7) is 6.35. The van der Waals surface area contributed by atoms with Gasteiger partial charge in [0.25, 0.3) is 5.91 Å². The third-order valence-electron chi connectivity index (χ3n) is 5.21. The quantitative estimate of drug-likeness (QED) is 0.718. The maximum absolute atomic E-state index is 13.0. The summed E-state index contributed by atoms with van der Waals surface area (Å²) in [6.07, 6.45) is 3.37. The molecule has 0 bridgehead atoms. The van der Waals surface area contributed by atoms with Crippen molar-refractivity contribution >= 4 is 5.91 Å². The fourth-order valence-electron chi connectivity index (χ4n) is 3.55. The highest BCUT2D eigenvalue weighted by Gasteiger charge is 2.24. The highest BCUT2D eigenvalue weighted by atomic mass is 16.2. The summed E-state index contributed by atoms with van der Waals surface area (Å²) in [5, 5.41) is 0. The van der Waals surface area contributed by atoms with Crippen molar-refractivity contribution < 1.29 is 4.79 Å². The van der Waals surface area contributed by atoms with Crippen LogP contribution < -0.4 is 0 Å². The van der Waals surface area contributed by atoms with Crippen LogP contribution in [0, 0.1) is 6.92 Å². The van der Waals surface area contributed by atoms with E-state index in [1.54, 1.807) is 12.5 Å². The Labute approximate surface area is 159 Å². The van der Waals surface area contributed by atoms with Gasteiger partial charge in [-0.05, 0) is 30.2 Å². The Morgan fingerprint density at radius 3 is 2.41 bits per heavy atom. The Balaban J connectivity index is 1.41. The highest BCUT2D eigenvalue weighted by molar-refractivity contribution is 5.93. The zero-order chi connectivity index (χ0) is 18.6. The molecule has 1 fully saturated rings. The molecular weight excluding hydrogens is 336 g/mol. The van der Waals surface area contributed by atoms with Gasteiger partial charge in [0, 0.05) is 38.4 Å². The normalized spacial score (nSPS) is 15.1. The average molecular weight is 360 g/mol. The van der Waals surface area contributed by atoms with E-state index in [4.69, 9.17) is 0 Å². The molecule has 5 heteroatoms. The van der Waals surface area contributed by atoms with Crippen LogP contribution in [0.1, 0.15) is 21.6 Å². The molecule has 0 aliphatic carbocycles. The molecule has 2 aromatic carbocycles. The maximum atomic E-state index is 13.0. The lowest BCUT2D eigenvalue weighted by Gasteiger charge is -2.35. The molecule has 4 rings (SSSR count). The molecule has 3 aromatic rings. The van der Waals surface area contributed by atoms with Gasteiger partial charge in [0.2, 0.25) is 0 Å². The van der Waals surface area contributed by atoms with E-state index in [0.29, 0.717) is 5.69 Å². The number of imidazole rings is 1. The number of nitrogens with zero attached hydrogens (tertiary/aromatic N) is 4. The Morgan fingerprint density at radius 1 is 0.963 bits per heavy atom. The van der Waals surface area contributed by atoms with Crippen molar-refractivity contribution in [2.75, 3.05) is 26.2 Å². The second-order valence-electron chi connectivity index (χ2n) is 6.98. The standard InChI is InChI=1S/C22H24N4O/c1-18-7-5-6-8-19(18)16-24-11-13-25(14-12-24)22(27)21-15-23-17-26(21)20-9-3-2-4-10-20/h2-10,15,17H,11-14,16H2,1H3. The molecule has 2 heterocycles. The van der Waals surface area contributed by atoms with Crippen LogP contribution in [0.2, 0.25) is 0 Å². The number of benzene rings is 2. The topological polar surface area (TPSA) is 41.4 Å². The number of carbonyl (C=O) groups is 1. The number of carbonyl (C=O) groups excluding carboxylic acids is 1. The van der Waals surface area contributed by atoms with Gasteiger partial charge in [-0.3, -0.25) is 14.3 Å². The Kier molecular flexibility index (Phi) is 5.03. The van der Waals surface area contributed by atoms with Gasteiger partial charge in [-0.25, -0.2) is 4.98 Å². The van der Waals surface area contributed by atoms with Gasteiger partial charge in [-0.2, -0.15) is 0 Å². The van der Waals surface area contributed by atoms with Gasteiger partial charge in [-0.15, -0.1) is 0 Å². The number of para-hydroxylation sites is 1. The van der Waals surface area contributed by atoms with E-state index >= 15 is 0 Å². The average Bonchev–Trinajstić information content (AvgIpc) is 3.20. The number of piperazine rings is 1. The van der Waals surface area contributed by atoms with E-state index < -0.39 is 0 Å². The summed E-state index contributed by atoms with van der Waals surface area (Å²) in [7, 11) is 0. The van der Waals surface area contributed by atoms with E-state index in [1.165, 1.54) is 11.1 Å². The Bertz CT molecular complexity index is 911. The minimum Gasteiger partial charge on any atom is -0.335 e. The first-order chi connectivity index (χ1) is 13.2. The maximum Gasteiger partial charge on any atom is 0.272 e. The minimum atomic E-state index is 0.0481. The van der Waals surface area contributed by atoms with Gasteiger partial charge >= 0.3 is 0 Å². The molecule has 5 nitrogen and oxygen atoms in total. The van der Waals surface area contributed by atoms with Gasteiger partial charge < -0.3 is 4.90 Å². The zero-order valence-corrected chi connectivity index (χ0v) is 15.6. The number of hydrogen-bond acceptors (Lipinski definition) is 3. The zero-order valence-electron chi connectivity index (χ0n) is 15.6. The van der Waals surface area contributed by atoms with E-state index in [9.17, 15) is 4.79 Å². The molecule has 1 amide bonds. The van der Waals surface area contributed by atoms with Crippen molar-refractivity contribution in [3.05, 3.63) is 83.9 Å². The Hall–Kier alpha value is -2.92. The molecule has 0 atom stereocenters. The van der Waals surface area contributed by atoms with Gasteiger partial charge in [0.15, 0.2) is 0 Å². The predicted molar refractivity (Wildman–Crippen MR) is 106 cm³/mol. The number of amides is 1. The first kappa shape index (κ1) is 17.5. The van der Waals surface area contributed by atoms with Crippen LogP contribution in [0.25, 0.3) is 5.69 Å². The largest absolute Gasteiger partial charge is 0.335 e. The third-order valence-corrected chi connectivity index (χ3v) is 5.21. The molecule has 0 radical (unpaired) electrons. The van der Waals surface area contributed by atoms with Crippen LogP contribution in [0.4, 0.5) is 0 Å². The molecule has 0 spiro atoms. The first-order valence-corrected chi connectivity index (χ1v) is 9.36. The molecule has 1 aromatic heterocycles. The van der Waals surface area contributed by atoms with Crippen LogP contribution >= 0.6 is 0 Å². The molecule has 0 unspecified atom stereocenters. The van der Waals surface area contributed by atoms with Crippen LogP contribution in [-0.4, -0.2) is 51.4 Å². The summed E-state index contributed by atoms with van der Waals surface area (Å²) in [6, 6.07) is 18.4. The summed E-state index contributed by atoms with van der Waals surface area (Å²) < 4.78 is 1.86. The summed E-state index contributed by atoms with van der Waals surface area (Å²) in [5.41, 5.74) is 4.26. The van der Waals surface area contributed by atoms with E-state index in [0.717, 1.165) is 38.4 Å². The van der Waals surface area contributed by atoms with Crippen molar-refractivity contribution in [3.63, 3.8) is 0 Å². The molecule has 0 N–H and O–H groups in total. The lowest BCUT2D eigenvalue weighted by molar-refractivity contribution is 0.0620. The lowest BCUT2D eigenvalue weighted by Crippen LogP contribution is -2.48. The molecule has 1 saturated heterocycles. The number of aryl methyl sites for hydroxylation is 1. The second-order valence-corrected chi connectivity index (χ2v) is 6.98. The smallest absolute Gasteiger partial charge is 0.272 e. The van der Waals surface area contributed by atoms with Crippen molar-refractivity contribution in [2.24, 2.45) is 0 Å². The molecule has 1 aliphatic heterocycles. The third kappa shape index (κ3) is 3.78. The van der Waals surface area contributed by atoms with Crippen LogP contribution in [0.15, 0.2) is 67.1 Å². The fraction of sp³-hybridized carbons (Fsp3) is 0.273.